The third-order valence-electron chi connectivity index (χ3n) is 4.46. The molecule has 26 heavy (non-hydrogen) atoms. The van der Waals surface area contributed by atoms with Crippen LogP contribution in [0.4, 0.5) is 5.69 Å². The standard InChI is InChI=1S/C19H25N3O3S/c1-14-8-10-17(11-9-14)22(4)26(24,25)18-7-5-6-16(12-18)19(23)21(3)15(2)13-20/h5-12,15H,13,20H2,1-4H3. The van der Waals surface area contributed by atoms with Crippen molar-refractivity contribution in [1.82, 2.24) is 4.90 Å². The average molecular weight is 375 g/mol. The number of likely N-dealkylation sites (N-methyl/N-ethyl adjacent to an activating group) is 1. The van der Waals surface area contributed by atoms with E-state index in [4.69, 9.17) is 5.73 Å². The maximum absolute atomic E-state index is 12.9. The van der Waals surface area contributed by atoms with Gasteiger partial charge >= 0.3 is 0 Å². The van der Waals surface area contributed by atoms with Crippen LogP contribution in [0.1, 0.15) is 22.8 Å². The molecule has 2 aromatic rings. The summed E-state index contributed by atoms with van der Waals surface area (Å²) in [7, 11) is -0.625. The van der Waals surface area contributed by atoms with Gasteiger partial charge in [0.15, 0.2) is 0 Å². The lowest BCUT2D eigenvalue weighted by atomic mass is 10.2. The first-order chi connectivity index (χ1) is 12.2. The molecule has 0 aliphatic heterocycles. The van der Waals surface area contributed by atoms with E-state index in [0.29, 0.717) is 17.8 Å². The maximum atomic E-state index is 12.9. The minimum absolute atomic E-state index is 0.0697. The van der Waals surface area contributed by atoms with E-state index in [1.54, 1.807) is 31.3 Å². The van der Waals surface area contributed by atoms with E-state index in [-0.39, 0.29) is 16.8 Å². The van der Waals surface area contributed by atoms with Gasteiger partial charge in [-0.25, -0.2) is 8.42 Å². The van der Waals surface area contributed by atoms with Crippen molar-refractivity contribution in [2.45, 2.75) is 24.8 Å². The van der Waals surface area contributed by atoms with Crippen LogP contribution in [0.3, 0.4) is 0 Å². The molecule has 0 radical (unpaired) electrons. The Morgan fingerprint density at radius 1 is 1.12 bits per heavy atom. The fourth-order valence-electron chi connectivity index (χ4n) is 2.40. The molecule has 140 valence electrons. The van der Waals surface area contributed by atoms with Crippen molar-refractivity contribution in [2.24, 2.45) is 5.73 Å². The number of anilines is 1. The SMILES string of the molecule is Cc1ccc(N(C)S(=O)(=O)c2cccc(C(=O)N(C)C(C)CN)c2)cc1. The Kier molecular flexibility index (Phi) is 6.05. The molecule has 2 aromatic carbocycles. The zero-order valence-corrected chi connectivity index (χ0v) is 16.3. The van der Waals surface area contributed by atoms with Crippen molar-refractivity contribution in [1.29, 1.82) is 0 Å². The Morgan fingerprint density at radius 2 is 1.73 bits per heavy atom. The lowest BCUT2D eigenvalue weighted by Crippen LogP contribution is -2.39. The van der Waals surface area contributed by atoms with E-state index >= 15 is 0 Å². The number of nitrogens with zero attached hydrogens (tertiary/aromatic N) is 2. The molecule has 7 heteroatoms. The van der Waals surface area contributed by atoms with Crippen LogP contribution in [-0.4, -0.2) is 45.9 Å². The van der Waals surface area contributed by atoms with Gasteiger partial charge < -0.3 is 10.6 Å². The predicted molar refractivity (Wildman–Crippen MR) is 104 cm³/mol. The number of aryl methyl sites for hydroxylation is 1. The van der Waals surface area contributed by atoms with Gasteiger partial charge in [0.2, 0.25) is 0 Å². The molecular weight excluding hydrogens is 350 g/mol. The summed E-state index contributed by atoms with van der Waals surface area (Å²) >= 11 is 0. The van der Waals surface area contributed by atoms with Crippen LogP contribution < -0.4 is 10.0 Å². The fraction of sp³-hybridized carbons (Fsp3) is 0.316. The number of sulfonamides is 1. The molecule has 2 rings (SSSR count). The molecule has 0 spiro atoms. The molecule has 0 aliphatic rings. The summed E-state index contributed by atoms with van der Waals surface area (Å²) in [6.07, 6.45) is 0. The number of benzene rings is 2. The molecule has 1 amide bonds. The van der Waals surface area contributed by atoms with E-state index < -0.39 is 10.0 Å². The molecule has 0 saturated carbocycles. The Balaban J connectivity index is 2.36. The summed E-state index contributed by atoms with van der Waals surface area (Å²) < 4.78 is 27.1. The Bertz CT molecular complexity index is 879. The number of amides is 1. The second-order valence-corrected chi connectivity index (χ2v) is 8.31. The molecule has 6 nitrogen and oxygen atoms in total. The summed E-state index contributed by atoms with van der Waals surface area (Å²) in [5.41, 5.74) is 7.52. The van der Waals surface area contributed by atoms with Gasteiger partial charge in [-0.2, -0.15) is 0 Å². The number of hydrogen-bond donors (Lipinski definition) is 1. The monoisotopic (exact) mass is 375 g/mol. The van der Waals surface area contributed by atoms with Crippen molar-refractivity contribution in [3.8, 4) is 0 Å². The molecule has 0 fully saturated rings. The first-order valence-corrected chi connectivity index (χ1v) is 9.75. The molecule has 2 N–H and O–H groups in total. The van der Waals surface area contributed by atoms with Gasteiger partial charge in [0, 0.05) is 32.2 Å². The fourth-order valence-corrected chi connectivity index (χ4v) is 3.64. The van der Waals surface area contributed by atoms with Gasteiger partial charge in [0.05, 0.1) is 10.6 Å². The van der Waals surface area contributed by atoms with Crippen molar-refractivity contribution < 1.29 is 13.2 Å². The third-order valence-corrected chi connectivity index (χ3v) is 6.24. The molecule has 0 saturated heterocycles. The highest BCUT2D eigenvalue weighted by Gasteiger charge is 2.24. The second-order valence-electron chi connectivity index (χ2n) is 6.34. The first-order valence-electron chi connectivity index (χ1n) is 8.31. The van der Waals surface area contributed by atoms with E-state index in [0.717, 1.165) is 5.56 Å². The Morgan fingerprint density at radius 3 is 2.31 bits per heavy atom. The van der Waals surface area contributed by atoms with Crippen LogP contribution >= 0.6 is 0 Å². The van der Waals surface area contributed by atoms with E-state index in [1.165, 1.54) is 28.4 Å². The number of carbonyl (C=O) groups is 1. The van der Waals surface area contributed by atoms with Crippen LogP contribution in [0.25, 0.3) is 0 Å². The van der Waals surface area contributed by atoms with Crippen molar-refractivity contribution >= 4 is 21.6 Å². The van der Waals surface area contributed by atoms with Crippen LogP contribution in [0.2, 0.25) is 0 Å². The Hall–Kier alpha value is -2.38. The minimum Gasteiger partial charge on any atom is -0.338 e. The van der Waals surface area contributed by atoms with Crippen LogP contribution in [-0.2, 0) is 10.0 Å². The molecule has 0 aromatic heterocycles. The zero-order valence-electron chi connectivity index (χ0n) is 15.5. The Labute approximate surface area is 155 Å². The molecule has 0 bridgehead atoms. The van der Waals surface area contributed by atoms with Crippen LogP contribution in [0, 0.1) is 6.92 Å². The van der Waals surface area contributed by atoms with Crippen LogP contribution in [0.15, 0.2) is 53.4 Å². The van der Waals surface area contributed by atoms with Gasteiger partial charge in [-0.15, -0.1) is 0 Å². The maximum Gasteiger partial charge on any atom is 0.264 e. The highest BCUT2D eigenvalue weighted by Crippen LogP contribution is 2.23. The van der Waals surface area contributed by atoms with E-state index in [9.17, 15) is 13.2 Å². The van der Waals surface area contributed by atoms with Gasteiger partial charge in [-0.05, 0) is 44.2 Å². The molecule has 1 unspecified atom stereocenters. The molecular formula is C19H25N3O3S. The molecule has 0 heterocycles. The average Bonchev–Trinajstić information content (AvgIpc) is 2.66. The van der Waals surface area contributed by atoms with Crippen LogP contribution in [0.5, 0.6) is 0 Å². The number of nitrogens with two attached hydrogens (primary N) is 1. The number of carbonyl (C=O) groups excluding carboxylic acids is 1. The topological polar surface area (TPSA) is 83.7 Å². The summed E-state index contributed by atoms with van der Waals surface area (Å²) in [4.78, 5) is 14.1. The molecule has 1 atom stereocenters. The zero-order chi connectivity index (χ0) is 19.5. The first kappa shape index (κ1) is 19.9. The minimum atomic E-state index is -3.77. The summed E-state index contributed by atoms with van der Waals surface area (Å²) in [6.45, 7) is 4.10. The number of rotatable bonds is 6. The van der Waals surface area contributed by atoms with Gasteiger partial charge in [-0.1, -0.05) is 23.8 Å². The van der Waals surface area contributed by atoms with E-state index in [1.807, 2.05) is 26.0 Å². The van der Waals surface area contributed by atoms with Crippen molar-refractivity contribution in [3.63, 3.8) is 0 Å². The van der Waals surface area contributed by atoms with Gasteiger partial charge in [0.25, 0.3) is 15.9 Å². The van der Waals surface area contributed by atoms with Gasteiger partial charge in [-0.3, -0.25) is 9.10 Å². The summed E-state index contributed by atoms with van der Waals surface area (Å²) in [5.74, 6) is -0.266. The highest BCUT2D eigenvalue weighted by molar-refractivity contribution is 7.92. The highest BCUT2D eigenvalue weighted by atomic mass is 32.2. The summed E-state index contributed by atoms with van der Waals surface area (Å²) in [5, 5.41) is 0. The van der Waals surface area contributed by atoms with E-state index in [2.05, 4.69) is 0 Å². The normalized spacial score (nSPS) is 12.5. The molecule has 0 aliphatic carbocycles. The quantitative estimate of drug-likeness (QED) is 0.839. The second kappa shape index (κ2) is 7.88. The predicted octanol–water partition coefficient (Wildman–Crippen LogP) is 2.24. The lowest BCUT2D eigenvalue weighted by molar-refractivity contribution is 0.0748. The smallest absolute Gasteiger partial charge is 0.264 e. The van der Waals surface area contributed by atoms with Crippen molar-refractivity contribution in [2.75, 3.05) is 24.9 Å². The number of hydrogen-bond acceptors (Lipinski definition) is 4. The largest absolute Gasteiger partial charge is 0.338 e. The summed E-state index contributed by atoms with van der Waals surface area (Å²) in [6, 6.07) is 13.1. The van der Waals surface area contributed by atoms with Gasteiger partial charge in [0.1, 0.15) is 0 Å². The lowest BCUT2D eigenvalue weighted by Gasteiger charge is -2.24. The van der Waals surface area contributed by atoms with Crippen molar-refractivity contribution in [3.05, 3.63) is 59.7 Å². The third kappa shape index (κ3) is 4.05.